The molecular weight excluding hydrogens is 505 g/mol. The van der Waals surface area contributed by atoms with Gasteiger partial charge < -0.3 is 25.0 Å². The maximum Gasteiger partial charge on any atom is 0.228 e. The van der Waals surface area contributed by atoms with Crippen LogP contribution in [0.1, 0.15) is 0 Å². The van der Waals surface area contributed by atoms with E-state index in [9.17, 15) is 0 Å². The Bertz CT molecular complexity index is 1070. The lowest BCUT2D eigenvalue weighted by molar-refractivity contribution is 0.122. The van der Waals surface area contributed by atoms with E-state index in [1.807, 2.05) is 9.80 Å². The minimum atomic E-state index is 0.224. The van der Waals surface area contributed by atoms with E-state index in [2.05, 4.69) is 29.9 Å². The van der Waals surface area contributed by atoms with Crippen LogP contribution in [0.3, 0.4) is 0 Å². The fraction of sp³-hybridized carbons (Fsp3) is 0.400. The van der Waals surface area contributed by atoms with E-state index in [4.69, 9.17) is 50.0 Å². The fourth-order valence-corrected chi connectivity index (χ4v) is 3.80. The van der Waals surface area contributed by atoms with Crippen LogP contribution >= 0.6 is 34.8 Å². The summed E-state index contributed by atoms with van der Waals surface area (Å²) in [7, 11) is 0. The van der Waals surface area contributed by atoms with Crippen molar-refractivity contribution in [2.24, 2.45) is 0 Å². The first kappa shape index (κ1) is 24.6. The summed E-state index contributed by atoms with van der Waals surface area (Å²) >= 11 is 17.6. The lowest BCUT2D eigenvalue weighted by atomic mass is 10.2. The van der Waals surface area contributed by atoms with Gasteiger partial charge in [-0.1, -0.05) is 34.8 Å². The number of ether oxygens (including phenoxy) is 2. The van der Waals surface area contributed by atoms with Crippen molar-refractivity contribution in [1.82, 2.24) is 29.9 Å². The average molecular weight is 527 g/mol. The van der Waals surface area contributed by atoms with Crippen molar-refractivity contribution >= 4 is 52.6 Å². The Hall–Kier alpha value is -2.57. The molecule has 5 heterocycles. The van der Waals surface area contributed by atoms with Crippen LogP contribution in [0.2, 0.25) is 15.5 Å². The third-order valence-electron chi connectivity index (χ3n) is 4.89. The molecule has 2 N–H and O–H groups in total. The summed E-state index contributed by atoms with van der Waals surface area (Å²) in [5, 5.41) is 1.12. The van der Waals surface area contributed by atoms with Crippen molar-refractivity contribution in [3.8, 4) is 11.3 Å². The number of nitrogen functional groups attached to an aromatic ring is 1. The van der Waals surface area contributed by atoms with Crippen molar-refractivity contribution in [3.05, 3.63) is 40.0 Å². The molecule has 0 aromatic carbocycles. The molecule has 2 aliphatic heterocycles. The quantitative estimate of drug-likeness (QED) is 0.506. The Kier molecular flexibility index (Phi) is 8.46. The Labute approximate surface area is 211 Å². The van der Waals surface area contributed by atoms with E-state index in [-0.39, 0.29) is 5.95 Å². The molecule has 2 fully saturated rings. The van der Waals surface area contributed by atoms with E-state index in [1.54, 1.807) is 18.5 Å². The number of morpholine rings is 2. The fourth-order valence-electron chi connectivity index (χ4n) is 3.21. The van der Waals surface area contributed by atoms with Crippen LogP contribution in [0.5, 0.6) is 0 Å². The van der Waals surface area contributed by atoms with Gasteiger partial charge in [-0.05, 0) is 0 Å². The Morgan fingerprint density at radius 1 is 0.676 bits per heavy atom. The van der Waals surface area contributed by atoms with Crippen molar-refractivity contribution in [1.29, 1.82) is 0 Å². The van der Waals surface area contributed by atoms with E-state index < -0.39 is 0 Å². The van der Waals surface area contributed by atoms with Crippen molar-refractivity contribution < 1.29 is 9.47 Å². The maximum absolute atomic E-state index is 6.08. The summed E-state index contributed by atoms with van der Waals surface area (Å²) in [4.78, 5) is 28.9. The van der Waals surface area contributed by atoms with Crippen LogP contribution in [-0.2, 0) is 9.47 Å². The molecule has 0 unspecified atom stereocenters. The van der Waals surface area contributed by atoms with Crippen LogP contribution < -0.4 is 15.5 Å². The minimum absolute atomic E-state index is 0.224. The molecule has 2 aliphatic rings. The topological polar surface area (TPSA) is 128 Å². The molecular formula is C20H22Cl3N9O2. The second-order valence-corrected chi connectivity index (χ2v) is 8.38. The second kappa shape index (κ2) is 11.7. The standard InChI is InChI=1S/C12H13ClN6O.C8H9Cl2N3O/c13-10-5-9(8-6-15-11(14)16-7-8)17-12(18-10)19-1-3-20-4-2-19;9-6-5-7(10)12-8(11-6)13-1-3-14-4-2-13/h5-7H,1-4H2,(H2,14,15,16);5H,1-4H2. The monoisotopic (exact) mass is 525 g/mol. The summed E-state index contributed by atoms with van der Waals surface area (Å²) in [6.45, 7) is 5.75. The van der Waals surface area contributed by atoms with Crippen molar-refractivity contribution in [2.45, 2.75) is 0 Å². The molecule has 34 heavy (non-hydrogen) atoms. The van der Waals surface area contributed by atoms with Crippen LogP contribution in [0.15, 0.2) is 24.5 Å². The van der Waals surface area contributed by atoms with Gasteiger partial charge >= 0.3 is 0 Å². The molecule has 0 spiro atoms. The van der Waals surface area contributed by atoms with E-state index in [1.165, 1.54) is 6.07 Å². The predicted octanol–water partition coefficient (Wildman–Crippen LogP) is 2.63. The van der Waals surface area contributed by atoms with Crippen LogP contribution in [0.4, 0.5) is 17.8 Å². The van der Waals surface area contributed by atoms with E-state index in [0.29, 0.717) is 59.5 Å². The second-order valence-electron chi connectivity index (χ2n) is 7.22. The van der Waals surface area contributed by atoms with Gasteiger partial charge in [-0.3, -0.25) is 0 Å². The molecule has 0 radical (unpaired) electrons. The molecule has 0 atom stereocenters. The number of nitrogens with zero attached hydrogens (tertiary/aromatic N) is 8. The SMILES string of the molecule is Clc1cc(Cl)nc(N2CCOCC2)n1.Nc1ncc(-c2cc(Cl)nc(N3CCOCC3)n2)cn1. The van der Waals surface area contributed by atoms with Gasteiger partial charge in [0.2, 0.25) is 17.8 Å². The van der Waals surface area contributed by atoms with Crippen LogP contribution in [0.25, 0.3) is 11.3 Å². The average Bonchev–Trinajstić information content (AvgIpc) is 2.85. The zero-order valence-corrected chi connectivity index (χ0v) is 20.3. The minimum Gasteiger partial charge on any atom is -0.378 e. The first-order chi connectivity index (χ1) is 16.5. The van der Waals surface area contributed by atoms with Gasteiger partial charge in [0.25, 0.3) is 0 Å². The number of rotatable bonds is 3. The predicted molar refractivity (Wildman–Crippen MR) is 131 cm³/mol. The number of hydrogen-bond acceptors (Lipinski definition) is 11. The Morgan fingerprint density at radius 3 is 1.62 bits per heavy atom. The normalized spacial score (nSPS) is 16.1. The number of halogens is 3. The number of anilines is 3. The Balaban J connectivity index is 0.000000172. The number of aromatic nitrogens is 6. The van der Waals surface area contributed by atoms with Crippen molar-refractivity contribution in [2.75, 3.05) is 68.1 Å². The summed E-state index contributed by atoms with van der Waals surface area (Å²) in [5.74, 6) is 1.39. The first-order valence-corrected chi connectivity index (χ1v) is 11.6. The third-order valence-corrected chi connectivity index (χ3v) is 5.47. The van der Waals surface area contributed by atoms with Gasteiger partial charge in [-0.25, -0.2) is 29.9 Å². The summed E-state index contributed by atoms with van der Waals surface area (Å²) < 4.78 is 10.5. The summed E-state index contributed by atoms with van der Waals surface area (Å²) in [5.41, 5.74) is 6.90. The van der Waals surface area contributed by atoms with Crippen molar-refractivity contribution in [3.63, 3.8) is 0 Å². The highest BCUT2D eigenvalue weighted by Crippen LogP contribution is 2.23. The molecule has 0 amide bonds. The zero-order chi connectivity index (χ0) is 23.9. The molecule has 0 bridgehead atoms. The maximum atomic E-state index is 6.08. The van der Waals surface area contributed by atoms with Crippen LogP contribution in [-0.4, -0.2) is 82.5 Å². The van der Waals surface area contributed by atoms with Gasteiger partial charge in [0.15, 0.2) is 0 Å². The Morgan fingerprint density at radius 2 is 1.12 bits per heavy atom. The molecule has 5 rings (SSSR count). The molecule has 3 aromatic heterocycles. The zero-order valence-electron chi connectivity index (χ0n) is 18.1. The lowest BCUT2D eigenvalue weighted by Crippen LogP contribution is -2.37. The molecule has 3 aromatic rings. The highest BCUT2D eigenvalue weighted by molar-refractivity contribution is 6.33. The van der Waals surface area contributed by atoms with Gasteiger partial charge in [-0.2, -0.15) is 0 Å². The van der Waals surface area contributed by atoms with Gasteiger partial charge in [0.1, 0.15) is 15.5 Å². The number of hydrogen-bond donors (Lipinski definition) is 1. The molecule has 0 aliphatic carbocycles. The highest BCUT2D eigenvalue weighted by atomic mass is 35.5. The lowest BCUT2D eigenvalue weighted by Gasteiger charge is -2.27. The molecule has 14 heteroatoms. The largest absolute Gasteiger partial charge is 0.378 e. The summed E-state index contributed by atoms with van der Waals surface area (Å²) in [6.07, 6.45) is 3.23. The highest BCUT2D eigenvalue weighted by Gasteiger charge is 2.16. The molecule has 0 saturated carbocycles. The van der Waals surface area contributed by atoms with Gasteiger partial charge in [0.05, 0.1) is 32.1 Å². The molecule has 2 saturated heterocycles. The molecule has 180 valence electrons. The van der Waals surface area contributed by atoms with Gasteiger partial charge in [0, 0.05) is 56.3 Å². The van der Waals surface area contributed by atoms with Crippen LogP contribution in [0, 0.1) is 0 Å². The number of nitrogens with two attached hydrogens (primary N) is 1. The van der Waals surface area contributed by atoms with E-state index >= 15 is 0 Å². The summed E-state index contributed by atoms with van der Waals surface area (Å²) in [6, 6.07) is 3.20. The van der Waals surface area contributed by atoms with E-state index in [0.717, 1.165) is 31.7 Å². The smallest absolute Gasteiger partial charge is 0.228 e. The van der Waals surface area contributed by atoms with Gasteiger partial charge in [-0.15, -0.1) is 0 Å². The first-order valence-electron chi connectivity index (χ1n) is 10.5. The molecule has 11 nitrogen and oxygen atoms in total. The third kappa shape index (κ3) is 6.73.